The molecule has 156 valence electrons. The molecule has 0 saturated heterocycles. The molecule has 0 saturated carbocycles. The van der Waals surface area contributed by atoms with Gasteiger partial charge in [-0.25, -0.2) is 8.42 Å². The number of aliphatic imine (C=N–C) groups is 1. The summed E-state index contributed by atoms with van der Waals surface area (Å²) in [6.07, 6.45) is 1.81. The predicted molar refractivity (Wildman–Crippen MR) is 120 cm³/mol. The molecule has 2 N–H and O–H groups in total. The number of guanidine groups is 1. The van der Waals surface area contributed by atoms with Gasteiger partial charge >= 0.3 is 0 Å². The molecule has 9 heteroatoms. The molecule has 0 amide bonds. The van der Waals surface area contributed by atoms with Crippen LogP contribution in [0, 0.1) is 0 Å². The van der Waals surface area contributed by atoms with Crippen LogP contribution in [0.4, 0.5) is 0 Å². The summed E-state index contributed by atoms with van der Waals surface area (Å²) in [5.74, 6) is 0.749. The maximum absolute atomic E-state index is 12.6. The van der Waals surface area contributed by atoms with E-state index in [0.717, 1.165) is 30.2 Å². The third-order valence-electron chi connectivity index (χ3n) is 4.32. The van der Waals surface area contributed by atoms with Crippen molar-refractivity contribution in [1.82, 2.24) is 14.9 Å². The molecule has 0 spiro atoms. The Morgan fingerprint density at radius 3 is 2.29 bits per heavy atom. The van der Waals surface area contributed by atoms with Gasteiger partial charge in [-0.15, -0.1) is 22.7 Å². The van der Waals surface area contributed by atoms with E-state index >= 15 is 0 Å². The third-order valence-corrected chi connectivity index (χ3v) is 9.21. The first-order chi connectivity index (χ1) is 13.4. The average molecular weight is 443 g/mol. The molecule has 0 radical (unpaired) electrons. The van der Waals surface area contributed by atoms with Crippen LogP contribution in [0.15, 0.2) is 33.5 Å². The van der Waals surface area contributed by atoms with E-state index in [1.165, 1.54) is 25.4 Å². The molecule has 2 aromatic heterocycles. The first-order valence-electron chi connectivity index (χ1n) is 9.55. The molecule has 2 heterocycles. The van der Waals surface area contributed by atoms with Gasteiger partial charge in [0.15, 0.2) is 5.96 Å². The summed E-state index contributed by atoms with van der Waals surface area (Å²) >= 11 is 3.16. The molecule has 28 heavy (non-hydrogen) atoms. The molecular weight excluding hydrogens is 412 g/mol. The Labute approximate surface area is 176 Å². The van der Waals surface area contributed by atoms with E-state index < -0.39 is 10.0 Å². The van der Waals surface area contributed by atoms with E-state index in [4.69, 9.17) is 0 Å². The minimum Gasteiger partial charge on any atom is -0.356 e. The van der Waals surface area contributed by atoms with Crippen LogP contribution in [0.3, 0.4) is 0 Å². The highest BCUT2D eigenvalue weighted by atomic mass is 32.2. The first kappa shape index (κ1) is 22.9. The summed E-state index contributed by atoms with van der Waals surface area (Å²) in [5.41, 5.74) is 0. The summed E-state index contributed by atoms with van der Waals surface area (Å²) in [6.45, 7) is 8.28. The Balaban J connectivity index is 1.84. The molecule has 0 unspecified atom stereocenters. The fourth-order valence-corrected chi connectivity index (χ4v) is 6.59. The van der Waals surface area contributed by atoms with Gasteiger partial charge in [0.25, 0.3) is 10.0 Å². The Hall–Kier alpha value is -1.42. The zero-order valence-electron chi connectivity index (χ0n) is 17.0. The number of thiophene rings is 2. The lowest BCUT2D eigenvalue weighted by molar-refractivity contribution is 0.447. The largest absolute Gasteiger partial charge is 0.356 e. The lowest BCUT2D eigenvalue weighted by atomic mass is 10.3. The second-order valence-electron chi connectivity index (χ2n) is 6.13. The Morgan fingerprint density at radius 1 is 1.00 bits per heavy atom. The standard InChI is InChI=1S/C19H30N4O2S3/c1-5-15-8-9-17(26-15)14-22-19(20-4)21-13-12-16-10-11-18(27-16)28(24,25)23(6-2)7-3/h8-11H,5-7,12-14H2,1-4H3,(H2,20,21,22). The van der Waals surface area contributed by atoms with Crippen LogP contribution in [0.1, 0.15) is 35.4 Å². The van der Waals surface area contributed by atoms with Crippen LogP contribution in [0.2, 0.25) is 0 Å². The number of rotatable bonds is 10. The van der Waals surface area contributed by atoms with E-state index in [1.807, 2.05) is 31.3 Å². The van der Waals surface area contributed by atoms with E-state index in [0.29, 0.717) is 23.8 Å². The van der Waals surface area contributed by atoms with Crippen molar-refractivity contribution in [2.75, 3.05) is 26.7 Å². The smallest absolute Gasteiger partial charge is 0.252 e. The van der Waals surface area contributed by atoms with Crippen molar-refractivity contribution >= 4 is 38.7 Å². The van der Waals surface area contributed by atoms with Crippen LogP contribution in [0.25, 0.3) is 0 Å². The minimum atomic E-state index is -3.37. The zero-order chi connectivity index (χ0) is 20.6. The number of nitrogens with zero attached hydrogens (tertiary/aromatic N) is 2. The minimum absolute atomic E-state index is 0.415. The fraction of sp³-hybridized carbons (Fsp3) is 0.526. The monoisotopic (exact) mass is 442 g/mol. The number of hydrogen-bond donors (Lipinski definition) is 2. The zero-order valence-corrected chi connectivity index (χ0v) is 19.4. The van der Waals surface area contributed by atoms with Crippen molar-refractivity contribution in [3.63, 3.8) is 0 Å². The molecule has 0 atom stereocenters. The highest BCUT2D eigenvalue weighted by molar-refractivity contribution is 7.91. The molecule has 0 fully saturated rings. The Morgan fingerprint density at radius 2 is 1.68 bits per heavy atom. The number of sulfonamides is 1. The van der Waals surface area contributed by atoms with Crippen molar-refractivity contribution < 1.29 is 8.42 Å². The van der Waals surface area contributed by atoms with Crippen molar-refractivity contribution in [3.05, 3.63) is 38.9 Å². The summed E-state index contributed by atoms with van der Waals surface area (Å²) < 4.78 is 27.0. The van der Waals surface area contributed by atoms with Crippen LogP contribution < -0.4 is 10.6 Å². The van der Waals surface area contributed by atoms with E-state index in [-0.39, 0.29) is 0 Å². The van der Waals surface area contributed by atoms with E-state index in [9.17, 15) is 8.42 Å². The van der Waals surface area contributed by atoms with Crippen LogP contribution in [-0.4, -0.2) is 45.4 Å². The molecular formula is C19H30N4O2S3. The maximum atomic E-state index is 12.6. The van der Waals surface area contributed by atoms with Crippen molar-refractivity contribution in [1.29, 1.82) is 0 Å². The topological polar surface area (TPSA) is 73.8 Å². The van der Waals surface area contributed by atoms with Gasteiger partial charge in [0.2, 0.25) is 0 Å². The van der Waals surface area contributed by atoms with Crippen molar-refractivity contribution in [2.45, 2.75) is 44.4 Å². The van der Waals surface area contributed by atoms with Gasteiger partial charge in [0.1, 0.15) is 4.21 Å². The second-order valence-corrected chi connectivity index (χ2v) is 10.7. The molecule has 0 aliphatic carbocycles. The molecule has 2 rings (SSSR count). The average Bonchev–Trinajstić information content (AvgIpc) is 3.35. The molecule has 2 aromatic rings. The van der Waals surface area contributed by atoms with Gasteiger partial charge in [-0.05, 0) is 37.1 Å². The summed E-state index contributed by atoms with van der Waals surface area (Å²) in [4.78, 5) is 7.96. The second kappa shape index (κ2) is 10.9. The number of aryl methyl sites for hydroxylation is 1. The van der Waals surface area contributed by atoms with Gasteiger partial charge in [0, 0.05) is 41.3 Å². The number of nitrogens with one attached hydrogen (secondary N) is 2. The van der Waals surface area contributed by atoms with Crippen LogP contribution in [-0.2, 0) is 29.4 Å². The van der Waals surface area contributed by atoms with Crippen LogP contribution >= 0.6 is 22.7 Å². The van der Waals surface area contributed by atoms with Gasteiger partial charge < -0.3 is 10.6 Å². The molecule has 0 aliphatic rings. The first-order valence-corrected chi connectivity index (χ1v) is 12.6. The quantitative estimate of drug-likeness (QED) is 0.437. The summed E-state index contributed by atoms with van der Waals surface area (Å²) in [5, 5.41) is 6.61. The van der Waals surface area contributed by atoms with Crippen LogP contribution in [0.5, 0.6) is 0 Å². The van der Waals surface area contributed by atoms with E-state index in [2.05, 4.69) is 34.7 Å². The molecule has 0 aromatic carbocycles. The van der Waals surface area contributed by atoms with Crippen molar-refractivity contribution in [2.24, 2.45) is 4.99 Å². The number of hydrogen-bond acceptors (Lipinski definition) is 5. The van der Waals surface area contributed by atoms with Gasteiger partial charge in [0.05, 0.1) is 6.54 Å². The van der Waals surface area contributed by atoms with Gasteiger partial charge in [-0.1, -0.05) is 20.8 Å². The van der Waals surface area contributed by atoms with Gasteiger partial charge in [-0.2, -0.15) is 4.31 Å². The van der Waals surface area contributed by atoms with E-state index in [1.54, 1.807) is 13.1 Å². The van der Waals surface area contributed by atoms with Gasteiger partial charge in [-0.3, -0.25) is 4.99 Å². The highest BCUT2D eigenvalue weighted by Crippen LogP contribution is 2.25. The fourth-order valence-electron chi connectivity index (χ4n) is 2.72. The molecule has 0 aliphatic heterocycles. The Bertz CT molecular complexity index is 867. The summed E-state index contributed by atoms with van der Waals surface area (Å²) in [7, 11) is -1.62. The SMILES string of the molecule is CCc1ccc(CNC(=NC)NCCc2ccc(S(=O)(=O)N(CC)CC)s2)s1. The summed E-state index contributed by atoms with van der Waals surface area (Å²) in [6, 6.07) is 7.92. The molecule has 0 bridgehead atoms. The van der Waals surface area contributed by atoms with Crippen molar-refractivity contribution in [3.8, 4) is 0 Å². The normalized spacial score (nSPS) is 12.5. The Kier molecular flexibility index (Phi) is 8.94. The highest BCUT2D eigenvalue weighted by Gasteiger charge is 2.23. The molecule has 6 nitrogen and oxygen atoms in total. The maximum Gasteiger partial charge on any atom is 0.252 e. The lowest BCUT2D eigenvalue weighted by Crippen LogP contribution is -2.37. The lowest BCUT2D eigenvalue weighted by Gasteiger charge is -2.16. The third kappa shape index (κ3) is 6.04. The predicted octanol–water partition coefficient (Wildman–Crippen LogP) is 3.31.